The van der Waals surface area contributed by atoms with E-state index >= 15 is 0 Å². The van der Waals surface area contributed by atoms with Crippen LogP contribution in [-0.2, 0) is 16.0 Å². The maximum Gasteiger partial charge on any atom is 0.262 e. The zero-order chi connectivity index (χ0) is 23.8. The van der Waals surface area contributed by atoms with E-state index in [-0.39, 0.29) is 24.1 Å². The number of anilines is 1. The number of hydrogen-bond acceptors (Lipinski definition) is 5. The van der Waals surface area contributed by atoms with Gasteiger partial charge in [0.05, 0.1) is 0 Å². The SMILES string of the molecule is O=C(CC1SC(N2CCCCC2)=NC1=O)Nc1cccc(C(=O)NCCCc2ccccc2)c1. The highest BCUT2D eigenvalue weighted by Crippen LogP contribution is 2.29. The van der Waals surface area contributed by atoms with Crippen molar-refractivity contribution in [1.82, 2.24) is 10.2 Å². The summed E-state index contributed by atoms with van der Waals surface area (Å²) in [7, 11) is 0. The first-order chi connectivity index (χ1) is 16.6. The van der Waals surface area contributed by atoms with Crippen LogP contribution in [0.2, 0.25) is 0 Å². The molecule has 178 valence electrons. The number of nitrogens with one attached hydrogen (secondary N) is 2. The molecule has 1 fully saturated rings. The molecule has 7 nitrogen and oxygen atoms in total. The number of carbonyl (C=O) groups excluding carboxylic acids is 3. The lowest BCUT2D eigenvalue weighted by molar-refractivity contribution is -0.121. The van der Waals surface area contributed by atoms with E-state index < -0.39 is 5.25 Å². The predicted octanol–water partition coefficient (Wildman–Crippen LogP) is 3.86. The van der Waals surface area contributed by atoms with Gasteiger partial charge in [0.2, 0.25) is 5.91 Å². The molecule has 8 heteroatoms. The smallest absolute Gasteiger partial charge is 0.262 e. The van der Waals surface area contributed by atoms with Crippen molar-refractivity contribution in [2.75, 3.05) is 25.0 Å². The monoisotopic (exact) mass is 478 g/mol. The predicted molar refractivity (Wildman–Crippen MR) is 136 cm³/mol. The van der Waals surface area contributed by atoms with E-state index in [9.17, 15) is 14.4 Å². The third kappa shape index (κ3) is 6.70. The summed E-state index contributed by atoms with van der Waals surface area (Å²) in [6, 6.07) is 17.0. The number of amidine groups is 1. The summed E-state index contributed by atoms with van der Waals surface area (Å²) < 4.78 is 0. The van der Waals surface area contributed by atoms with Gasteiger partial charge in [-0.05, 0) is 55.9 Å². The molecule has 2 aliphatic rings. The molecule has 0 radical (unpaired) electrons. The lowest BCUT2D eigenvalue weighted by Crippen LogP contribution is -2.33. The van der Waals surface area contributed by atoms with Crippen LogP contribution in [0.4, 0.5) is 5.69 Å². The van der Waals surface area contributed by atoms with Crippen molar-refractivity contribution in [3.63, 3.8) is 0 Å². The van der Waals surface area contributed by atoms with Gasteiger partial charge in [-0.15, -0.1) is 0 Å². The van der Waals surface area contributed by atoms with Crippen LogP contribution in [0.3, 0.4) is 0 Å². The third-order valence-corrected chi connectivity index (χ3v) is 7.12. The van der Waals surface area contributed by atoms with Crippen LogP contribution in [0, 0.1) is 0 Å². The topological polar surface area (TPSA) is 90.9 Å². The Kier molecular flexibility index (Phi) is 8.36. The summed E-state index contributed by atoms with van der Waals surface area (Å²) >= 11 is 1.38. The molecular formula is C26H30N4O3S. The van der Waals surface area contributed by atoms with Gasteiger partial charge in [0.1, 0.15) is 5.25 Å². The van der Waals surface area contributed by atoms with Crippen LogP contribution in [0.1, 0.15) is 48.0 Å². The summed E-state index contributed by atoms with van der Waals surface area (Å²) in [5.74, 6) is -0.684. The average Bonchev–Trinajstić information content (AvgIpc) is 3.23. The van der Waals surface area contributed by atoms with Crippen LogP contribution >= 0.6 is 11.8 Å². The first-order valence-electron chi connectivity index (χ1n) is 11.8. The van der Waals surface area contributed by atoms with Crippen molar-refractivity contribution in [1.29, 1.82) is 0 Å². The molecular weight excluding hydrogens is 448 g/mol. The highest BCUT2D eigenvalue weighted by atomic mass is 32.2. The number of nitrogens with zero attached hydrogens (tertiary/aromatic N) is 2. The molecule has 4 rings (SSSR count). The molecule has 0 aromatic heterocycles. The number of benzene rings is 2. The number of likely N-dealkylation sites (tertiary alicyclic amines) is 1. The number of rotatable bonds is 8. The zero-order valence-electron chi connectivity index (χ0n) is 19.2. The molecule has 2 aromatic carbocycles. The van der Waals surface area contributed by atoms with Crippen LogP contribution in [0.25, 0.3) is 0 Å². The zero-order valence-corrected chi connectivity index (χ0v) is 20.0. The third-order valence-electron chi connectivity index (χ3n) is 5.91. The minimum absolute atomic E-state index is 0.0558. The molecule has 0 aliphatic carbocycles. The first-order valence-corrected chi connectivity index (χ1v) is 12.7. The summed E-state index contributed by atoms with van der Waals surface area (Å²) in [4.78, 5) is 43.7. The molecule has 1 atom stereocenters. The van der Waals surface area contributed by atoms with Crippen LogP contribution in [0.5, 0.6) is 0 Å². The van der Waals surface area contributed by atoms with Crippen molar-refractivity contribution in [3.05, 3.63) is 65.7 Å². The van der Waals surface area contributed by atoms with Crippen molar-refractivity contribution in [2.24, 2.45) is 4.99 Å². The minimum atomic E-state index is -0.493. The second-order valence-corrected chi connectivity index (χ2v) is 9.73. The van der Waals surface area contributed by atoms with E-state index in [4.69, 9.17) is 0 Å². The quantitative estimate of drug-likeness (QED) is 0.562. The number of aliphatic imine (C=N–C) groups is 1. The number of amides is 3. The van der Waals surface area contributed by atoms with Gasteiger partial charge in [-0.25, -0.2) is 0 Å². The molecule has 0 saturated carbocycles. The second-order valence-electron chi connectivity index (χ2n) is 8.56. The van der Waals surface area contributed by atoms with E-state index in [1.54, 1.807) is 24.3 Å². The standard InChI is InChI=1S/C26H30N4O3S/c31-23(18-22-25(33)29-26(34-22)30-15-5-2-6-16-30)28-21-13-7-12-20(17-21)24(32)27-14-8-11-19-9-3-1-4-10-19/h1,3-4,7,9-10,12-13,17,22H,2,5-6,8,11,14-16,18H2,(H,27,32)(H,28,31). The fourth-order valence-corrected chi connectivity index (χ4v) is 5.21. The molecule has 0 bridgehead atoms. The number of carbonyl (C=O) groups is 3. The van der Waals surface area contributed by atoms with Gasteiger partial charge < -0.3 is 15.5 Å². The number of aryl methyl sites for hydroxylation is 1. The molecule has 2 heterocycles. The van der Waals surface area contributed by atoms with E-state index in [0.29, 0.717) is 17.8 Å². The Morgan fingerprint density at radius 3 is 2.62 bits per heavy atom. The van der Waals surface area contributed by atoms with Gasteiger partial charge in [0, 0.05) is 37.3 Å². The average molecular weight is 479 g/mol. The van der Waals surface area contributed by atoms with Gasteiger partial charge in [-0.2, -0.15) is 4.99 Å². The number of hydrogen-bond donors (Lipinski definition) is 2. The fraction of sp³-hybridized carbons (Fsp3) is 0.385. The lowest BCUT2D eigenvalue weighted by Gasteiger charge is -2.27. The van der Waals surface area contributed by atoms with Crippen molar-refractivity contribution < 1.29 is 14.4 Å². The van der Waals surface area contributed by atoms with Crippen LogP contribution in [0.15, 0.2) is 59.6 Å². The van der Waals surface area contributed by atoms with Crippen molar-refractivity contribution >= 4 is 40.3 Å². The lowest BCUT2D eigenvalue weighted by atomic mass is 10.1. The molecule has 3 amide bonds. The van der Waals surface area contributed by atoms with Gasteiger partial charge in [-0.1, -0.05) is 48.2 Å². The Bertz CT molecular complexity index is 1050. The summed E-state index contributed by atoms with van der Waals surface area (Å²) in [5.41, 5.74) is 2.27. The largest absolute Gasteiger partial charge is 0.352 e. The second kappa shape index (κ2) is 11.8. The van der Waals surface area contributed by atoms with Gasteiger partial charge in [0.25, 0.3) is 11.8 Å². The highest BCUT2D eigenvalue weighted by molar-refractivity contribution is 8.15. The molecule has 1 unspecified atom stereocenters. The van der Waals surface area contributed by atoms with E-state index in [1.165, 1.54) is 23.7 Å². The molecule has 0 spiro atoms. The van der Waals surface area contributed by atoms with Crippen molar-refractivity contribution in [3.8, 4) is 0 Å². The van der Waals surface area contributed by atoms with Gasteiger partial charge in [0.15, 0.2) is 5.17 Å². The summed E-state index contributed by atoms with van der Waals surface area (Å²) in [6.07, 6.45) is 5.23. The minimum Gasteiger partial charge on any atom is -0.352 e. The van der Waals surface area contributed by atoms with Gasteiger partial charge >= 0.3 is 0 Å². The summed E-state index contributed by atoms with van der Waals surface area (Å²) in [6.45, 7) is 2.41. The maximum atomic E-state index is 12.6. The Balaban J connectivity index is 1.23. The molecule has 2 aliphatic heterocycles. The number of piperidine rings is 1. The Hall–Kier alpha value is -3.13. The summed E-state index contributed by atoms with van der Waals surface area (Å²) in [5, 5.41) is 6.00. The van der Waals surface area contributed by atoms with Crippen LogP contribution < -0.4 is 10.6 Å². The Morgan fingerprint density at radius 2 is 1.82 bits per heavy atom. The van der Waals surface area contributed by atoms with E-state index in [1.807, 2.05) is 18.2 Å². The maximum absolute atomic E-state index is 12.6. The van der Waals surface area contributed by atoms with E-state index in [0.717, 1.165) is 43.9 Å². The molecule has 2 N–H and O–H groups in total. The first kappa shape index (κ1) is 24.0. The molecule has 2 aromatic rings. The highest BCUT2D eigenvalue weighted by Gasteiger charge is 2.33. The normalized spacial score (nSPS) is 17.9. The number of thioether (sulfide) groups is 1. The fourth-order valence-electron chi connectivity index (χ4n) is 4.09. The van der Waals surface area contributed by atoms with Gasteiger partial charge in [-0.3, -0.25) is 14.4 Å². The molecule has 34 heavy (non-hydrogen) atoms. The Labute approximate surface area is 204 Å². The van der Waals surface area contributed by atoms with Crippen molar-refractivity contribution in [2.45, 2.75) is 43.8 Å². The molecule has 1 saturated heterocycles. The van der Waals surface area contributed by atoms with Crippen LogP contribution in [-0.4, -0.2) is 52.7 Å². The van der Waals surface area contributed by atoms with E-state index in [2.05, 4.69) is 32.7 Å². The Morgan fingerprint density at radius 1 is 1.03 bits per heavy atom.